The van der Waals surface area contributed by atoms with Crippen molar-refractivity contribution in [3.8, 4) is 0 Å². The van der Waals surface area contributed by atoms with Crippen molar-refractivity contribution in [3.05, 3.63) is 46.1 Å². The van der Waals surface area contributed by atoms with Crippen LogP contribution in [0.4, 0.5) is 5.00 Å². The molecule has 142 valence electrons. The molecule has 3 N–H and O–H groups in total. The van der Waals surface area contributed by atoms with E-state index in [2.05, 4.69) is 10.3 Å². The van der Waals surface area contributed by atoms with Crippen LogP contribution in [0, 0.1) is 0 Å². The number of anilines is 1. The Labute approximate surface area is 162 Å². The number of amides is 2. The fourth-order valence-corrected chi connectivity index (χ4v) is 5.18. The molecule has 1 saturated heterocycles. The molecule has 7 heteroatoms. The molecule has 1 aliphatic carbocycles. The number of aryl methyl sites for hydroxylation is 1. The van der Waals surface area contributed by atoms with Crippen LogP contribution in [0.3, 0.4) is 0 Å². The van der Waals surface area contributed by atoms with Crippen molar-refractivity contribution < 1.29 is 9.59 Å². The van der Waals surface area contributed by atoms with Crippen molar-refractivity contribution in [3.63, 3.8) is 0 Å². The Morgan fingerprint density at radius 1 is 1.26 bits per heavy atom. The van der Waals surface area contributed by atoms with Gasteiger partial charge < -0.3 is 16.0 Å². The molecule has 0 aromatic carbocycles. The van der Waals surface area contributed by atoms with E-state index in [1.165, 1.54) is 11.1 Å². The standard InChI is InChI=1S/C20H24N4O2S/c21-14-6-4-10-24(12-14)20(26)17-15-7-1-2-8-16(15)27-19(17)23-18(25)13-5-3-9-22-11-13/h3,5,9,11,14H,1-2,4,6-8,10,12,21H2,(H,23,25). The minimum Gasteiger partial charge on any atom is -0.337 e. The van der Waals surface area contributed by atoms with Gasteiger partial charge in [0.2, 0.25) is 0 Å². The molecule has 0 saturated carbocycles. The van der Waals surface area contributed by atoms with Gasteiger partial charge in [-0.1, -0.05) is 0 Å². The largest absolute Gasteiger partial charge is 0.337 e. The zero-order valence-corrected chi connectivity index (χ0v) is 16.1. The van der Waals surface area contributed by atoms with Crippen LogP contribution in [0.25, 0.3) is 0 Å². The van der Waals surface area contributed by atoms with Gasteiger partial charge in [-0.05, 0) is 56.2 Å². The van der Waals surface area contributed by atoms with Gasteiger partial charge in [0, 0.05) is 36.4 Å². The summed E-state index contributed by atoms with van der Waals surface area (Å²) >= 11 is 1.55. The topological polar surface area (TPSA) is 88.3 Å². The number of hydrogen-bond donors (Lipinski definition) is 2. The fourth-order valence-electron chi connectivity index (χ4n) is 3.91. The van der Waals surface area contributed by atoms with Crippen molar-refractivity contribution >= 4 is 28.2 Å². The molecule has 3 heterocycles. The third-order valence-electron chi connectivity index (χ3n) is 5.28. The normalized spacial score (nSPS) is 19.4. The Morgan fingerprint density at radius 3 is 2.89 bits per heavy atom. The van der Waals surface area contributed by atoms with Gasteiger partial charge in [0.25, 0.3) is 11.8 Å². The smallest absolute Gasteiger partial charge is 0.257 e. The highest BCUT2D eigenvalue weighted by Crippen LogP contribution is 2.39. The number of rotatable bonds is 3. The van der Waals surface area contributed by atoms with E-state index < -0.39 is 0 Å². The van der Waals surface area contributed by atoms with Crippen LogP contribution in [0.5, 0.6) is 0 Å². The zero-order chi connectivity index (χ0) is 18.8. The van der Waals surface area contributed by atoms with Crippen LogP contribution >= 0.6 is 11.3 Å². The van der Waals surface area contributed by atoms with Crippen molar-refractivity contribution in [1.82, 2.24) is 9.88 Å². The minimum atomic E-state index is -0.230. The van der Waals surface area contributed by atoms with E-state index in [9.17, 15) is 9.59 Å². The molecule has 1 unspecified atom stereocenters. The van der Waals surface area contributed by atoms with E-state index in [0.717, 1.165) is 50.6 Å². The molecule has 2 aliphatic rings. The van der Waals surface area contributed by atoms with Gasteiger partial charge in [0.15, 0.2) is 0 Å². The average molecular weight is 385 g/mol. The molecule has 0 spiro atoms. The van der Waals surface area contributed by atoms with Gasteiger partial charge in [-0.2, -0.15) is 0 Å². The summed E-state index contributed by atoms with van der Waals surface area (Å²) in [5.41, 5.74) is 8.37. The highest BCUT2D eigenvalue weighted by molar-refractivity contribution is 7.17. The van der Waals surface area contributed by atoms with E-state index in [1.807, 2.05) is 4.90 Å². The molecule has 27 heavy (non-hydrogen) atoms. The Balaban J connectivity index is 1.66. The third kappa shape index (κ3) is 3.75. The molecule has 0 bridgehead atoms. The number of fused-ring (bicyclic) bond motifs is 1. The van der Waals surface area contributed by atoms with Crippen molar-refractivity contribution in [1.29, 1.82) is 0 Å². The molecule has 1 atom stereocenters. The second kappa shape index (κ2) is 7.78. The van der Waals surface area contributed by atoms with Gasteiger partial charge in [-0.25, -0.2) is 0 Å². The third-order valence-corrected chi connectivity index (χ3v) is 6.49. The molecule has 6 nitrogen and oxygen atoms in total. The number of nitrogens with zero attached hydrogens (tertiary/aromatic N) is 2. The SMILES string of the molecule is NC1CCCN(C(=O)c2c(NC(=O)c3cccnc3)sc3c2CCCC3)C1. The van der Waals surface area contributed by atoms with Crippen molar-refractivity contribution in [2.45, 2.75) is 44.6 Å². The molecule has 0 radical (unpaired) electrons. The summed E-state index contributed by atoms with van der Waals surface area (Å²) in [5.74, 6) is -0.225. The summed E-state index contributed by atoms with van der Waals surface area (Å²) in [6.45, 7) is 1.31. The molecule has 2 amide bonds. The maximum Gasteiger partial charge on any atom is 0.257 e. The summed E-state index contributed by atoms with van der Waals surface area (Å²) in [5, 5.41) is 3.64. The van der Waals surface area contributed by atoms with Crippen molar-refractivity contribution in [2.24, 2.45) is 5.73 Å². The number of pyridine rings is 1. The van der Waals surface area contributed by atoms with Crippen LogP contribution in [0.15, 0.2) is 24.5 Å². The predicted octanol–water partition coefficient (Wildman–Crippen LogP) is 2.84. The lowest BCUT2D eigenvalue weighted by atomic mass is 9.94. The first-order chi connectivity index (χ1) is 13.1. The van der Waals surface area contributed by atoms with E-state index in [1.54, 1.807) is 29.7 Å². The molecular weight excluding hydrogens is 360 g/mol. The number of thiophene rings is 1. The maximum atomic E-state index is 13.3. The van der Waals surface area contributed by atoms with Gasteiger partial charge in [0.1, 0.15) is 5.00 Å². The second-order valence-corrected chi connectivity index (χ2v) is 8.37. The molecular formula is C20H24N4O2S. The molecule has 2 aromatic heterocycles. The van der Waals surface area contributed by atoms with E-state index in [4.69, 9.17) is 5.73 Å². The van der Waals surface area contributed by atoms with Gasteiger partial charge in [0.05, 0.1) is 11.1 Å². The first-order valence-electron chi connectivity index (χ1n) is 9.54. The quantitative estimate of drug-likeness (QED) is 0.852. The van der Waals surface area contributed by atoms with Crippen LogP contribution in [-0.2, 0) is 12.8 Å². The highest BCUT2D eigenvalue weighted by Gasteiger charge is 2.31. The van der Waals surface area contributed by atoms with Crippen LogP contribution in [0.2, 0.25) is 0 Å². The van der Waals surface area contributed by atoms with E-state index in [-0.39, 0.29) is 17.9 Å². The number of hydrogen-bond acceptors (Lipinski definition) is 5. The zero-order valence-electron chi connectivity index (χ0n) is 15.2. The monoisotopic (exact) mass is 384 g/mol. The number of nitrogens with one attached hydrogen (secondary N) is 1. The Hall–Kier alpha value is -2.25. The highest BCUT2D eigenvalue weighted by atomic mass is 32.1. The molecule has 1 aliphatic heterocycles. The summed E-state index contributed by atoms with van der Waals surface area (Å²) in [6.07, 6.45) is 9.14. The van der Waals surface area contributed by atoms with Crippen LogP contribution in [0.1, 0.15) is 56.8 Å². The summed E-state index contributed by atoms with van der Waals surface area (Å²) in [4.78, 5) is 33.1. The maximum absolute atomic E-state index is 13.3. The minimum absolute atomic E-state index is 0.00559. The number of nitrogens with two attached hydrogens (primary N) is 1. The predicted molar refractivity (Wildman–Crippen MR) is 106 cm³/mol. The summed E-state index contributed by atoms with van der Waals surface area (Å²) in [7, 11) is 0. The first kappa shape index (κ1) is 18.1. The first-order valence-corrected chi connectivity index (χ1v) is 10.4. The van der Waals surface area contributed by atoms with E-state index >= 15 is 0 Å². The van der Waals surface area contributed by atoms with Crippen LogP contribution < -0.4 is 11.1 Å². The van der Waals surface area contributed by atoms with Crippen LogP contribution in [-0.4, -0.2) is 40.8 Å². The Bertz CT molecular complexity index is 849. The molecule has 1 fully saturated rings. The second-order valence-electron chi connectivity index (χ2n) is 7.26. The Kier molecular flexibility index (Phi) is 5.22. The average Bonchev–Trinajstić information content (AvgIpc) is 3.05. The van der Waals surface area contributed by atoms with E-state index in [0.29, 0.717) is 22.7 Å². The summed E-state index contributed by atoms with van der Waals surface area (Å²) in [6, 6.07) is 3.49. The molecule has 4 rings (SSSR count). The fraction of sp³-hybridized carbons (Fsp3) is 0.450. The van der Waals surface area contributed by atoms with Gasteiger partial charge >= 0.3 is 0 Å². The number of aromatic nitrogens is 1. The lowest BCUT2D eigenvalue weighted by molar-refractivity contribution is 0.0709. The number of likely N-dealkylation sites (tertiary alicyclic amines) is 1. The number of piperidine rings is 1. The van der Waals surface area contributed by atoms with Crippen molar-refractivity contribution in [2.75, 3.05) is 18.4 Å². The molecule has 2 aromatic rings. The Morgan fingerprint density at radius 2 is 2.11 bits per heavy atom. The van der Waals surface area contributed by atoms with Gasteiger partial charge in [-0.3, -0.25) is 14.6 Å². The number of carbonyl (C=O) groups is 2. The van der Waals surface area contributed by atoms with Gasteiger partial charge in [-0.15, -0.1) is 11.3 Å². The number of carbonyl (C=O) groups excluding carboxylic acids is 2. The lowest BCUT2D eigenvalue weighted by Gasteiger charge is -2.31. The summed E-state index contributed by atoms with van der Waals surface area (Å²) < 4.78 is 0. The lowest BCUT2D eigenvalue weighted by Crippen LogP contribution is -2.46.